The van der Waals surface area contributed by atoms with Crippen LogP contribution < -0.4 is 0 Å². The molecular formula is C30H29N5O5S. The summed E-state index contributed by atoms with van der Waals surface area (Å²) in [4.78, 5) is 27.5. The molecule has 2 aliphatic rings. The van der Waals surface area contributed by atoms with Gasteiger partial charge in [-0.3, -0.25) is 14.5 Å². The number of rotatable bonds is 7. The summed E-state index contributed by atoms with van der Waals surface area (Å²) in [5.74, 6) is -1.09. The van der Waals surface area contributed by atoms with E-state index in [9.17, 15) is 23.3 Å². The molecule has 10 nitrogen and oxygen atoms in total. The Balaban J connectivity index is 1.67. The Bertz CT molecular complexity index is 1710. The maximum atomic E-state index is 13.5. The molecule has 41 heavy (non-hydrogen) atoms. The number of morpholine rings is 1. The molecule has 1 saturated heterocycles. The highest BCUT2D eigenvalue weighted by molar-refractivity contribution is 7.89. The molecule has 0 unspecified atom stereocenters. The number of carbonyl (C=O) groups excluding carboxylic acids is 2. The summed E-state index contributed by atoms with van der Waals surface area (Å²) in [7, 11) is -3.76. The molecule has 5 rings (SSSR count). The number of hydrogen-bond donors (Lipinski definition) is 0. The third kappa shape index (κ3) is 5.37. The first-order valence-electron chi connectivity index (χ1n) is 13.3. The maximum absolute atomic E-state index is 13.5. The SMILES string of the molecule is CCCN1C(=O)C(C#N)=C(C)/C(=C\c2cn(-c3ccccc3)nc2-c2cccc(S(=O)(=O)N3CCOCC3)c2)C1=O. The van der Waals surface area contributed by atoms with E-state index in [0.29, 0.717) is 36.5 Å². The van der Waals surface area contributed by atoms with Gasteiger partial charge in [0.05, 0.1) is 23.8 Å². The second-order valence-corrected chi connectivity index (χ2v) is 11.6. The molecule has 2 aliphatic heterocycles. The standard InChI is InChI=1S/C30H29N5O5S/c1-3-12-34-29(36)26(21(2)27(19-31)30(34)37)18-23-20-35(24-9-5-4-6-10-24)32-28(23)22-8-7-11-25(17-22)41(38,39)33-13-15-40-16-14-33/h4-11,17-18,20H,3,12-16H2,1-2H3/b26-18+. The monoisotopic (exact) mass is 571 g/mol. The minimum atomic E-state index is -3.76. The third-order valence-corrected chi connectivity index (χ3v) is 8.95. The third-order valence-electron chi connectivity index (χ3n) is 7.05. The number of amides is 2. The number of carbonyl (C=O) groups is 2. The number of benzene rings is 2. The number of para-hydroxylation sites is 1. The zero-order valence-corrected chi connectivity index (χ0v) is 23.6. The normalized spacial score (nSPS) is 17.8. The zero-order valence-electron chi connectivity index (χ0n) is 22.8. The van der Waals surface area contributed by atoms with Gasteiger partial charge in [0.15, 0.2) is 0 Å². The van der Waals surface area contributed by atoms with Crippen LogP contribution in [0.2, 0.25) is 0 Å². The summed E-state index contributed by atoms with van der Waals surface area (Å²) >= 11 is 0. The van der Waals surface area contributed by atoms with Crippen molar-refractivity contribution in [2.24, 2.45) is 0 Å². The van der Waals surface area contributed by atoms with Gasteiger partial charge in [-0.15, -0.1) is 0 Å². The maximum Gasteiger partial charge on any atom is 0.271 e. The summed E-state index contributed by atoms with van der Waals surface area (Å²) in [5.41, 5.74) is 2.68. The van der Waals surface area contributed by atoms with Crippen LogP contribution >= 0.6 is 0 Å². The lowest BCUT2D eigenvalue weighted by Gasteiger charge is -2.27. The second-order valence-electron chi connectivity index (χ2n) is 9.69. The Morgan fingerprint density at radius 2 is 1.78 bits per heavy atom. The van der Waals surface area contributed by atoms with E-state index < -0.39 is 21.8 Å². The van der Waals surface area contributed by atoms with Crippen molar-refractivity contribution in [3.8, 4) is 23.0 Å². The van der Waals surface area contributed by atoms with E-state index in [1.54, 1.807) is 48.1 Å². The highest BCUT2D eigenvalue weighted by Gasteiger charge is 2.35. The van der Waals surface area contributed by atoms with E-state index in [1.807, 2.05) is 43.3 Å². The van der Waals surface area contributed by atoms with Gasteiger partial charge in [0.1, 0.15) is 17.3 Å². The van der Waals surface area contributed by atoms with Crippen molar-refractivity contribution in [2.45, 2.75) is 25.2 Å². The van der Waals surface area contributed by atoms with E-state index in [-0.39, 0.29) is 41.2 Å². The Hall–Kier alpha value is -4.37. The van der Waals surface area contributed by atoms with Crippen LogP contribution in [0.4, 0.5) is 0 Å². The average molecular weight is 572 g/mol. The first kappa shape index (κ1) is 28.2. The minimum absolute atomic E-state index is 0.0834. The predicted molar refractivity (Wildman–Crippen MR) is 152 cm³/mol. The quantitative estimate of drug-likeness (QED) is 0.314. The van der Waals surface area contributed by atoms with Crippen LogP contribution in [0.1, 0.15) is 25.8 Å². The van der Waals surface area contributed by atoms with Crippen molar-refractivity contribution in [3.05, 3.63) is 83.1 Å². The van der Waals surface area contributed by atoms with Crippen molar-refractivity contribution in [1.82, 2.24) is 19.0 Å². The van der Waals surface area contributed by atoms with Gasteiger partial charge in [-0.05, 0) is 49.3 Å². The van der Waals surface area contributed by atoms with Crippen molar-refractivity contribution >= 4 is 27.9 Å². The fourth-order valence-electron chi connectivity index (χ4n) is 4.88. The van der Waals surface area contributed by atoms with E-state index in [0.717, 1.165) is 10.6 Å². The number of nitrogens with zero attached hydrogens (tertiary/aromatic N) is 5. The zero-order chi connectivity index (χ0) is 29.1. The van der Waals surface area contributed by atoms with Gasteiger partial charge in [0, 0.05) is 42.5 Å². The summed E-state index contributed by atoms with van der Waals surface area (Å²) in [6, 6.07) is 17.9. The Morgan fingerprint density at radius 1 is 1.05 bits per heavy atom. The van der Waals surface area contributed by atoms with Gasteiger partial charge < -0.3 is 4.74 Å². The minimum Gasteiger partial charge on any atom is -0.379 e. The van der Waals surface area contributed by atoms with E-state index in [2.05, 4.69) is 0 Å². The summed E-state index contributed by atoms with van der Waals surface area (Å²) in [5, 5.41) is 14.5. The van der Waals surface area contributed by atoms with Crippen LogP contribution in [0, 0.1) is 11.3 Å². The number of nitriles is 1. The molecule has 3 aromatic rings. The lowest BCUT2D eigenvalue weighted by atomic mass is 9.93. The molecule has 0 radical (unpaired) electrons. The predicted octanol–water partition coefficient (Wildman–Crippen LogP) is 3.56. The van der Waals surface area contributed by atoms with Gasteiger partial charge in [-0.2, -0.15) is 14.7 Å². The molecule has 0 aliphatic carbocycles. The lowest BCUT2D eigenvalue weighted by Crippen LogP contribution is -2.43. The molecule has 210 valence electrons. The number of sulfonamides is 1. The van der Waals surface area contributed by atoms with Crippen molar-refractivity contribution in [3.63, 3.8) is 0 Å². The first-order chi connectivity index (χ1) is 19.8. The van der Waals surface area contributed by atoms with Crippen LogP contribution in [-0.2, 0) is 24.3 Å². The molecule has 0 N–H and O–H groups in total. The fraction of sp³-hybridized carbons (Fsp3) is 0.267. The molecule has 2 aromatic carbocycles. The average Bonchev–Trinajstić information content (AvgIpc) is 3.43. The topological polar surface area (TPSA) is 126 Å². The summed E-state index contributed by atoms with van der Waals surface area (Å²) < 4.78 is 35.2. The van der Waals surface area contributed by atoms with E-state index >= 15 is 0 Å². The molecule has 0 atom stereocenters. The molecule has 3 heterocycles. The van der Waals surface area contributed by atoms with E-state index in [4.69, 9.17) is 9.84 Å². The van der Waals surface area contributed by atoms with Gasteiger partial charge in [-0.1, -0.05) is 37.3 Å². The molecule has 0 saturated carbocycles. The number of imide groups is 1. The van der Waals surface area contributed by atoms with Crippen LogP contribution in [0.3, 0.4) is 0 Å². The summed E-state index contributed by atoms with van der Waals surface area (Å²) in [6.45, 7) is 4.83. The molecule has 0 bridgehead atoms. The molecule has 1 aromatic heterocycles. The molecule has 11 heteroatoms. The fourth-order valence-corrected chi connectivity index (χ4v) is 6.34. The number of aromatic nitrogens is 2. The lowest BCUT2D eigenvalue weighted by molar-refractivity contribution is -0.140. The number of ether oxygens (including phenoxy) is 1. The molecular weight excluding hydrogens is 542 g/mol. The Kier molecular flexibility index (Phi) is 7.99. The van der Waals surface area contributed by atoms with Gasteiger partial charge in [0.2, 0.25) is 10.0 Å². The molecule has 2 amide bonds. The Labute approximate surface area is 238 Å². The van der Waals surface area contributed by atoms with Crippen LogP contribution in [0.5, 0.6) is 0 Å². The van der Waals surface area contributed by atoms with Crippen molar-refractivity contribution in [2.75, 3.05) is 32.8 Å². The second kappa shape index (κ2) is 11.6. The Morgan fingerprint density at radius 3 is 2.46 bits per heavy atom. The largest absolute Gasteiger partial charge is 0.379 e. The smallest absolute Gasteiger partial charge is 0.271 e. The van der Waals surface area contributed by atoms with Crippen molar-refractivity contribution < 1.29 is 22.7 Å². The summed E-state index contributed by atoms with van der Waals surface area (Å²) in [6.07, 6.45) is 3.91. The highest BCUT2D eigenvalue weighted by atomic mass is 32.2. The van der Waals surface area contributed by atoms with Crippen LogP contribution in [-0.4, -0.2) is 72.1 Å². The van der Waals surface area contributed by atoms with Gasteiger partial charge in [-0.25, -0.2) is 13.1 Å². The first-order valence-corrected chi connectivity index (χ1v) is 14.7. The van der Waals surface area contributed by atoms with Crippen molar-refractivity contribution in [1.29, 1.82) is 5.26 Å². The number of hydrogen-bond acceptors (Lipinski definition) is 7. The van der Waals surface area contributed by atoms with E-state index in [1.165, 1.54) is 4.31 Å². The van der Waals surface area contributed by atoms with Crippen LogP contribution in [0.15, 0.2) is 82.4 Å². The molecule has 1 fully saturated rings. The van der Waals surface area contributed by atoms with Gasteiger partial charge in [0.25, 0.3) is 11.8 Å². The van der Waals surface area contributed by atoms with Crippen LogP contribution in [0.25, 0.3) is 23.0 Å². The van der Waals surface area contributed by atoms with Gasteiger partial charge >= 0.3 is 0 Å². The molecule has 0 spiro atoms. The highest BCUT2D eigenvalue weighted by Crippen LogP contribution is 2.32.